The topological polar surface area (TPSA) is 70.3 Å². The van der Waals surface area contributed by atoms with Crippen molar-refractivity contribution >= 4 is 23.0 Å². The molecule has 0 aliphatic carbocycles. The molecule has 2 N–H and O–H groups in total. The third-order valence-corrected chi connectivity index (χ3v) is 3.48. The van der Waals surface area contributed by atoms with E-state index in [0.717, 1.165) is 16.0 Å². The molecule has 0 aliphatic heterocycles. The number of nitrogens with zero attached hydrogens (tertiary/aromatic N) is 2. The molecular weight excluding hydrogens is 286 g/mol. The van der Waals surface area contributed by atoms with E-state index in [-0.39, 0.29) is 0 Å². The molecule has 2 aromatic heterocycles. The minimum absolute atomic E-state index is 0.525. The normalized spacial score (nSPS) is 10.6. The Balaban J connectivity index is 1.95. The third-order valence-electron chi connectivity index (χ3n) is 2.93. The monoisotopic (exact) mass is 299 g/mol. The highest BCUT2D eigenvalue weighted by atomic mass is 32.2. The minimum Gasteiger partial charge on any atom is -0.481 e. The van der Waals surface area contributed by atoms with Gasteiger partial charge in [0, 0.05) is 17.2 Å². The van der Waals surface area contributed by atoms with Gasteiger partial charge in [-0.15, -0.1) is 0 Å². The lowest BCUT2D eigenvalue weighted by molar-refractivity contribution is 0.399. The lowest BCUT2D eigenvalue weighted by Gasteiger charge is -2.09. The first-order valence-corrected chi connectivity index (χ1v) is 7.12. The quantitative estimate of drug-likeness (QED) is 0.745. The van der Waals surface area contributed by atoms with Crippen LogP contribution in [0.25, 0.3) is 11.0 Å². The molecule has 2 heterocycles. The Labute approximate surface area is 126 Å². The maximum absolute atomic E-state index is 5.89. The summed E-state index contributed by atoms with van der Waals surface area (Å²) in [7, 11) is 1.57. The number of pyridine rings is 2. The van der Waals surface area contributed by atoms with E-state index in [1.807, 2.05) is 36.4 Å². The molecule has 0 saturated heterocycles. The van der Waals surface area contributed by atoms with E-state index in [1.54, 1.807) is 19.4 Å². The lowest BCUT2D eigenvalue weighted by Crippen LogP contribution is -1.92. The number of hydrogen-bond donors (Lipinski definition) is 1. The standard InChI is InChI=1S/C15H13N3O2S/c1-19-14-7-6-12-13(8-9-17-15(12)18-14)20-10-2-4-11(21-16)5-3-10/h2-9H,16H2,1H3. The van der Waals surface area contributed by atoms with Gasteiger partial charge in [0.1, 0.15) is 11.5 Å². The van der Waals surface area contributed by atoms with Gasteiger partial charge in [0.15, 0.2) is 5.65 Å². The number of benzene rings is 1. The Bertz CT molecular complexity index is 762. The average molecular weight is 299 g/mol. The molecular formula is C15H13N3O2S. The van der Waals surface area contributed by atoms with Gasteiger partial charge in [-0.3, -0.25) is 5.14 Å². The Morgan fingerprint density at radius 1 is 1.05 bits per heavy atom. The number of rotatable bonds is 4. The van der Waals surface area contributed by atoms with Crippen molar-refractivity contribution in [3.8, 4) is 17.4 Å². The van der Waals surface area contributed by atoms with Gasteiger partial charge in [0.25, 0.3) is 0 Å². The second kappa shape index (κ2) is 5.99. The van der Waals surface area contributed by atoms with E-state index in [4.69, 9.17) is 14.6 Å². The molecule has 0 spiro atoms. The van der Waals surface area contributed by atoms with Crippen LogP contribution < -0.4 is 14.6 Å². The van der Waals surface area contributed by atoms with Crippen molar-refractivity contribution < 1.29 is 9.47 Å². The smallest absolute Gasteiger partial charge is 0.215 e. The number of aromatic nitrogens is 2. The molecule has 0 bridgehead atoms. The van der Waals surface area contributed by atoms with E-state index in [2.05, 4.69) is 9.97 Å². The van der Waals surface area contributed by atoms with Crippen molar-refractivity contribution in [2.75, 3.05) is 7.11 Å². The summed E-state index contributed by atoms with van der Waals surface area (Å²) in [5, 5.41) is 6.33. The largest absolute Gasteiger partial charge is 0.481 e. The van der Waals surface area contributed by atoms with Gasteiger partial charge in [-0.05, 0) is 48.3 Å². The van der Waals surface area contributed by atoms with Crippen LogP contribution in [-0.2, 0) is 0 Å². The van der Waals surface area contributed by atoms with E-state index in [1.165, 1.54) is 11.9 Å². The van der Waals surface area contributed by atoms with Crippen LogP contribution >= 0.6 is 11.9 Å². The summed E-state index contributed by atoms with van der Waals surface area (Å²) in [5.41, 5.74) is 0.584. The number of methoxy groups -OCH3 is 1. The van der Waals surface area contributed by atoms with Crippen LogP contribution in [-0.4, -0.2) is 17.1 Å². The van der Waals surface area contributed by atoms with E-state index in [0.29, 0.717) is 17.3 Å². The summed E-state index contributed by atoms with van der Waals surface area (Å²) < 4.78 is 11.0. The van der Waals surface area contributed by atoms with Crippen LogP contribution in [0.2, 0.25) is 0 Å². The van der Waals surface area contributed by atoms with E-state index < -0.39 is 0 Å². The number of nitrogens with two attached hydrogens (primary N) is 1. The molecule has 0 atom stereocenters. The molecule has 21 heavy (non-hydrogen) atoms. The minimum atomic E-state index is 0.525. The predicted molar refractivity (Wildman–Crippen MR) is 82.7 cm³/mol. The zero-order valence-corrected chi connectivity index (χ0v) is 12.1. The lowest BCUT2D eigenvalue weighted by atomic mass is 10.2. The Kier molecular flexibility index (Phi) is 3.89. The highest BCUT2D eigenvalue weighted by Crippen LogP contribution is 2.29. The highest BCUT2D eigenvalue weighted by Gasteiger charge is 2.07. The summed E-state index contributed by atoms with van der Waals surface area (Å²) in [6.45, 7) is 0. The van der Waals surface area contributed by atoms with E-state index in [9.17, 15) is 0 Å². The molecule has 0 amide bonds. The Hall–Kier alpha value is -2.31. The van der Waals surface area contributed by atoms with Crippen molar-refractivity contribution in [1.82, 2.24) is 9.97 Å². The fourth-order valence-electron chi connectivity index (χ4n) is 1.90. The maximum Gasteiger partial charge on any atom is 0.215 e. The first-order chi connectivity index (χ1) is 10.3. The predicted octanol–water partition coefficient (Wildman–Crippen LogP) is 3.40. The second-order valence-electron chi connectivity index (χ2n) is 4.23. The van der Waals surface area contributed by atoms with Crippen LogP contribution in [0, 0.1) is 0 Å². The molecule has 6 heteroatoms. The molecule has 0 aliphatic rings. The molecule has 3 rings (SSSR count). The van der Waals surface area contributed by atoms with E-state index >= 15 is 0 Å². The van der Waals surface area contributed by atoms with Crippen molar-refractivity contribution in [1.29, 1.82) is 0 Å². The van der Waals surface area contributed by atoms with Crippen molar-refractivity contribution in [3.05, 3.63) is 48.7 Å². The molecule has 0 saturated carbocycles. The SMILES string of the molecule is COc1ccc2c(Oc3ccc(SN)cc3)ccnc2n1. The number of fused-ring (bicyclic) bond motifs is 1. The zero-order chi connectivity index (χ0) is 14.7. The first kappa shape index (κ1) is 13.7. The molecule has 3 aromatic rings. The van der Waals surface area contributed by atoms with Gasteiger partial charge in [-0.2, -0.15) is 4.98 Å². The molecule has 0 radical (unpaired) electrons. The molecule has 0 fully saturated rings. The molecule has 0 unspecified atom stereocenters. The average Bonchev–Trinajstić information content (AvgIpc) is 2.55. The summed E-state index contributed by atoms with van der Waals surface area (Å²) in [6.07, 6.45) is 1.66. The van der Waals surface area contributed by atoms with Gasteiger partial charge in [0.05, 0.1) is 12.5 Å². The first-order valence-electron chi connectivity index (χ1n) is 6.24. The second-order valence-corrected chi connectivity index (χ2v) is 4.93. The van der Waals surface area contributed by atoms with Crippen LogP contribution in [0.1, 0.15) is 0 Å². The van der Waals surface area contributed by atoms with Gasteiger partial charge in [-0.1, -0.05) is 0 Å². The van der Waals surface area contributed by atoms with Gasteiger partial charge < -0.3 is 9.47 Å². The molecule has 106 valence electrons. The number of ether oxygens (including phenoxy) is 2. The van der Waals surface area contributed by atoms with Gasteiger partial charge in [0.2, 0.25) is 5.88 Å². The summed E-state index contributed by atoms with van der Waals surface area (Å²) >= 11 is 1.20. The van der Waals surface area contributed by atoms with Crippen LogP contribution in [0.15, 0.2) is 53.6 Å². The zero-order valence-electron chi connectivity index (χ0n) is 11.3. The van der Waals surface area contributed by atoms with Crippen molar-refractivity contribution in [3.63, 3.8) is 0 Å². The highest BCUT2D eigenvalue weighted by molar-refractivity contribution is 7.97. The molecule has 5 nitrogen and oxygen atoms in total. The Morgan fingerprint density at radius 2 is 1.86 bits per heavy atom. The number of hydrogen-bond acceptors (Lipinski definition) is 6. The van der Waals surface area contributed by atoms with Crippen molar-refractivity contribution in [2.45, 2.75) is 4.90 Å². The van der Waals surface area contributed by atoms with Gasteiger partial charge >= 0.3 is 0 Å². The van der Waals surface area contributed by atoms with Crippen LogP contribution in [0.5, 0.6) is 17.4 Å². The fraction of sp³-hybridized carbons (Fsp3) is 0.0667. The van der Waals surface area contributed by atoms with Gasteiger partial charge in [-0.25, -0.2) is 4.98 Å². The summed E-state index contributed by atoms with van der Waals surface area (Å²) in [4.78, 5) is 9.50. The summed E-state index contributed by atoms with van der Waals surface area (Å²) in [5.74, 6) is 1.95. The fourth-order valence-corrected chi connectivity index (χ4v) is 2.20. The van der Waals surface area contributed by atoms with Crippen LogP contribution in [0.3, 0.4) is 0 Å². The summed E-state index contributed by atoms with van der Waals surface area (Å²) in [6, 6.07) is 13.0. The Morgan fingerprint density at radius 3 is 2.57 bits per heavy atom. The van der Waals surface area contributed by atoms with Crippen LogP contribution in [0.4, 0.5) is 0 Å². The third kappa shape index (κ3) is 2.91. The van der Waals surface area contributed by atoms with Crippen molar-refractivity contribution in [2.24, 2.45) is 5.14 Å². The molecule has 1 aromatic carbocycles. The maximum atomic E-state index is 5.89.